The summed E-state index contributed by atoms with van der Waals surface area (Å²) in [5.74, 6) is -0.553. The van der Waals surface area contributed by atoms with E-state index in [4.69, 9.17) is 14.5 Å². The molecule has 1 saturated heterocycles. The van der Waals surface area contributed by atoms with Crippen LogP contribution in [0.5, 0.6) is 0 Å². The predicted molar refractivity (Wildman–Crippen MR) is 43.8 cm³/mol. The molecule has 4 nitrogen and oxygen atoms in total. The van der Waals surface area contributed by atoms with Crippen LogP contribution in [0.25, 0.3) is 0 Å². The number of hydrogen-bond acceptors (Lipinski definition) is 4. The fraction of sp³-hybridized carbons (Fsp3) is 0.889. The molecule has 13 heavy (non-hydrogen) atoms. The number of hydrogen-bond donors (Lipinski definition) is 0. The van der Waals surface area contributed by atoms with Crippen molar-refractivity contribution < 1.29 is 19.3 Å². The first-order chi connectivity index (χ1) is 6.18. The lowest BCUT2D eigenvalue weighted by atomic mass is 10.1. The van der Waals surface area contributed by atoms with Crippen molar-refractivity contribution >= 4 is 6.29 Å². The standard InChI is InChI=1S/C9H14O4/c1-8(6-10)7-11-9(13-12-8)4-2-3-5-9/h6H,2-5,7H2,1H3. The fourth-order valence-corrected chi connectivity index (χ4v) is 1.69. The van der Waals surface area contributed by atoms with Crippen LogP contribution in [0.3, 0.4) is 0 Å². The Labute approximate surface area is 77.1 Å². The van der Waals surface area contributed by atoms with Crippen molar-refractivity contribution in [1.82, 2.24) is 0 Å². The van der Waals surface area contributed by atoms with E-state index in [0.717, 1.165) is 32.0 Å². The van der Waals surface area contributed by atoms with Crippen LogP contribution in [0.4, 0.5) is 0 Å². The van der Waals surface area contributed by atoms with E-state index in [1.165, 1.54) is 0 Å². The van der Waals surface area contributed by atoms with Gasteiger partial charge in [-0.25, -0.2) is 4.89 Å². The lowest BCUT2D eigenvalue weighted by molar-refractivity contribution is -0.496. The Morgan fingerprint density at radius 2 is 1.92 bits per heavy atom. The van der Waals surface area contributed by atoms with Gasteiger partial charge in [-0.3, -0.25) is 4.79 Å². The molecule has 0 amide bonds. The highest BCUT2D eigenvalue weighted by atomic mass is 17.2. The maximum Gasteiger partial charge on any atom is 0.201 e. The van der Waals surface area contributed by atoms with Gasteiger partial charge in [-0.1, -0.05) is 0 Å². The molecule has 1 saturated carbocycles. The third-order valence-electron chi connectivity index (χ3n) is 2.62. The van der Waals surface area contributed by atoms with Crippen molar-refractivity contribution in [3.05, 3.63) is 0 Å². The van der Waals surface area contributed by atoms with E-state index < -0.39 is 11.4 Å². The van der Waals surface area contributed by atoms with Crippen LogP contribution < -0.4 is 0 Å². The molecule has 1 spiro atoms. The van der Waals surface area contributed by atoms with Crippen LogP contribution >= 0.6 is 0 Å². The summed E-state index contributed by atoms with van der Waals surface area (Å²) in [6, 6.07) is 0. The van der Waals surface area contributed by atoms with E-state index >= 15 is 0 Å². The molecule has 2 rings (SSSR count). The van der Waals surface area contributed by atoms with Crippen LogP contribution in [0.1, 0.15) is 32.6 Å². The summed E-state index contributed by atoms with van der Waals surface area (Å²) in [6.45, 7) is 1.94. The molecule has 2 fully saturated rings. The number of aldehydes is 1. The summed E-state index contributed by atoms with van der Waals surface area (Å²) in [7, 11) is 0. The van der Waals surface area contributed by atoms with Crippen LogP contribution in [-0.4, -0.2) is 24.3 Å². The van der Waals surface area contributed by atoms with Crippen molar-refractivity contribution in [2.45, 2.75) is 44.0 Å². The summed E-state index contributed by atoms with van der Waals surface area (Å²) >= 11 is 0. The molecule has 1 heterocycles. The molecule has 0 aromatic carbocycles. The highest BCUT2D eigenvalue weighted by Crippen LogP contribution is 2.38. The highest BCUT2D eigenvalue weighted by molar-refractivity contribution is 5.61. The minimum Gasteiger partial charge on any atom is -0.344 e. The molecular weight excluding hydrogens is 172 g/mol. The summed E-state index contributed by atoms with van der Waals surface area (Å²) < 4.78 is 5.55. The summed E-state index contributed by atoms with van der Waals surface area (Å²) in [6.07, 6.45) is 4.64. The zero-order chi connectivity index (χ0) is 9.36. The van der Waals surface area contributed by atoms with Crippen LogP contribution in [0, 0.1) is 0 Å². The first-order valence-corrected chi connectivity index (χ1v) is 4.65. The quantitative estimate of drug-likeness (QED) is 0.456. The minimum atomic E-state index is -0.923. The molecule has 1 aliphatic carbocycles. The third-order valence-corrected chi connectivity index (χ3v) is 2.62. The molecule has 1 aliphatic heterocycles. The van der Waals surface area contributed by atoms with Gasteiger partial charge in [0.2, 0.25) is 5.79 Å². The van der Waals surface area contributed by atoms with Gasteiger partial charge in [0, 0.05) is 12.8 Å². The van der Waals surface area contributed by atoms with Crippen molar-refractivity contribution in [2.75, 3.05) is 6.61 Å². The average molecular weight is 186 g/mol. The van der Waals surface area contributed by atoms with Crippen molar-refractivity contribution in [2.24, 2.45) is 0 Å². The van der Waals surface area contributed by atoms with Crippen LogP contribution in [0.15, 0.2) is 0 Å². The molecule has 2 aliphatic rings. The van der Waals surface area contributed by atoms with Gasteiger partial charge in [-0.15, -0.1) is 0 Å². The van der Waals surface area contributed by atoms with Gasteiger partial charge >= 0.3 is 0 Å². The SMILES string of the molecule is CC1(C=O)COC2(CCCC2)OO1. The Hall–Kier alpha value is -0.450. The van der Waals surface area contributed by atoms with Gasteiger partial charge in [-0.2, -0.15) is 4.89 Å². The van der Waals surface area contributed by atoms with Gasteiger partial charge < -0.3 is 4.74 Å². The summed E-state index contributed by atoms with van der Waals surface area (Å²) in [5.41, 5.74) is -0.923. The minimum absolute atomic E-state index is 0.288. The van der Waals surface area contributed by atoms with Crippen molar-refractivity contribution in [3.63, 3.8) is 0 Å². The number of rotatable bonds is 1. The second-order valence-electron chi connectivity index (χ2n) is 4.00. The lowest BCUT2D eigenvalue weighted by Crippen LogP contribution is -2.50. The van der Waals surface area contributed by atoms with E-state index in [1.54, 1.807) is 6.92 Å². The van der Waals surface area contributed by atoms with Gasteiger partial charge in [0.15, 0.2) is 11.9 Å². The maximum absolute atomic E-state index is 10.6. The first-order valence-electron chi connectivity index (χ1n) is 4.65. The monoisotopic (exact) mass is 186 g/mol. The Morgan fingerprint density at radius 1 is 1.23 bits per heavy atom. The highest BCUT2D eigenvalue weighted by Gasteiger charge is 2.46. The maximum atomic E-state index is 10.6. The lowest BCUT2D eigenvalue weighted by Gasteiger charge is -2.38. The Bertz CT molecular complexity index is 198. The molecule has 1 unspecified atom stereocenters. The van der Waals surface area contributed by atoms with E-state index in [0.29, 0.717) is 0 Å². The normalized spacial score (nSPS) is 37.9. The van der Waals surface area contributed by atoms with E-state index in [1.807, 2.05) is 0 Å². The molecular formula is C9H14O4. The molecule has 0 aromatic rings. The topological polar surface area (TPSA) is 44.8 Å². The number of carbonyl (C=O) groups excluding carboxylic acids is 1. The molecule has 4 heteroatoms. The van der Waals surface area contributed by atoms with Crippen LogP contribution in [-0.2, 0) is 19.3 Å². The molecule has 0 N–H and O–H groups in total. The zero-order valence-electron chi connectivity index (χ0n) is 7.75. The van der Waals surface area contributed by atoms with Gasteiger partial charge in [-0.05, 0) is 19.8 Å². The van der Waals surface area contributed by atoms with Crippen molar-refractivity contribution in [1.29, 1.82) is 0 Å². The first kappa shape index (κ1) is 9.12. The van der Waals surface area contributed by atoms with Gasteiger partial charge in [0.1, 0.15) is 0 Å². The van der Waals surface area contributed by atoms with Gasteiger partial charge in [0.05, 0.1) is 6.61 Å². The molecule has 0 aromatic heterocycles. The number of ether oxygens (including phenoxy) is 1. The van der Waals surface area contributed by atoms with E-state index in [2.05, 4.69) is 0 Å². The average Bonchev–Trinajstić information content (AvgIpc) is 2.61. The second kappa shape index (κ2) is 3.04. The van der Waals surface area contributed by atoms with E-state index in [9.17, 15) is 4.79 Å². The van der Waals surface area contributed by atoms with Crippen LogP contribution in [0.2, 0.25) is 0 Å². The summed E-state index contributed by atoms with van der Waals surface area (Å²) in [5, 5.41) is 0. The molecule has 74 valence electrons. The summed E-state index contributed by atoms with van der Waals surface area (Å²) in [4.78, 5) is 20.8. The zero-order valence-corrected chi connectivity index (χ0v) is 7.75. The molecule has 0 bridgehead atoms. The number of carbonyl (C=O) groups is 1. The third kappa shape index (κ3) is 1.61. The second-order valence-corrected chi connectivity index (χ2v) is 4.00. The largest absolute Gasteiger partial charge is 0.344 e. The Morgan fingerprint density at radius 3 is 2.38 bits per heavy atom. The molecule has 0 radical (unpaired) electrons. The molecule has 1 atom stereocenters. The van der Waals surface area contributed by atoms with Gasteiger partial charge in [0.25, 0.3) is 0 Å². The Balaban J connectivity index is 1.99. The smallest absolute Gasteiger partial charge is 0.201 e. The van der Waals surface area contributed by atoms with Crippen molar-refractivity contribution in [3.8, 4) is 0 Å². The fourth-order valence-electron chi connectivity index (χ4n) is 1.69. The van der Waals surface area contributed by atoms with E-state index in [-0.39, 0.29) is 6.61 Å². The Kier molecular flexibility index (Phi) is 2.14. The predicted octanol–water partition coefficient (Wildman–Crippen LogP) is 1.19.